The van der Waals surface area contributed by atoms with Gasteiger partial charge in [0.25, 0.3) is 0 Å². The summed E-state index contributed by atoms with van der Waals surface area (Å²) in [4.78, 5) is 9.42. The average molecular weight is 319 g/mol. The van der Waals surface area contributed by atoms with Crippen molar-refractivity contribution in [3.05, 3.63) is 53.5 Å². The van der Waals surface area contributed by atoms with Gasteiger partial charge in [-0.1, -0.05) is 22.8 Å². The first-order valence-electron chi connectivity index (χ1n) is 6.14. The van der Waals surface area contributed by atoms with Crippen LogP contribution >= 0.6 is 23.4 Å². The summed E-state index contributed by atoms with van der Waals surface area (Å²) < 4.78 is 5.22. The van der Waals surface area contributed by atoms with Crippen molar-refractivity contribution in [1.82, 2.24) is 15.1 Å². The molecule has 0 aliphatic rings. The lowest BCUT2D eigenvalue weighted by atomic mass is 10.3. The Bertz CT molecular complexity index is 748. The molecule has 0 bridgehead atoms. The first-order valence-corrected chi connectivity index (χ1v) is 7.50. The van der Waals surface area contributed by atoms with Crippen LogP contribution in [-0.2, 0) is 5.75 Å². The van der Waals surface area contributed by atoms with Crippen LogP contribution in [0.25, 0.3) is 11.5 Å². The molecule has 0 atom stereocenters. The van der Waals surface area contributed by atoms with Crippen molar-refractivity contribution >= 4 is 29.1 Å². The maximum absolute atomic E-state index is 5.90. The predicted molar refractivity (Wildman–Crippen MR) is 83.0 cm³/mol. The third-order valence-electron chi connectivity index (χ3n) is 2.69. The van der Waals surface area contributed by atoms with Crippen LogP contribution in [0.5, 0.6) is 0 Å². The van der Waals surface area contributed by atoms with E-state index >= 15 is 0 Å². The molecule has 0 saturated carbocycles. The fourth-order valence-electron chi connectivity index (χ4n) is 1.70. The van der Waals surface area contributed by atoms with E-state index in [1.165, 1.54) is 11.8 Å². The number of anilines is 1. The molecule has 2 aromatic heterocycles. The van der Waals surface area contributed by atoms with Crippen LogP contribution in [0, 0.1) is 0 Å². The molecule has 106 valence electrons. The SMILES string of the molecule is Nc1cc(Cl)ccc1SCc1nc(-c2ccccn2)no1. The zero-order valence-electron chi connectivity index (χ0n) is 10.9. The number of rotatable bonds is 4. The Morgan fingerprint density at radius 3 is 2.90 bits per heavy atom. The molecule has 5 nitrogen and oxygen atoms in total. The van der Waals surface area contributed by atoms with Crippen molar-refractivity contribution in [1.29, 1.82) is 0 Å². The number of hydrogen-bond donors (Lipinski definition) is 1. The molecule has 3 aromatic rings. The minimum absolute atomic E-state index is 0.482. The summed E-state index contributed by atoms with van der Waals surface area (Å²) in [5.74, 6) is 1.54. The summed E-state index contributed by atoms with van der Waals surface area (Å²) in [6, 6.07) is 10.9. The Labute approximate surface area is 130 Å². The quantitative estimate of drug-likeness (QED) is 0.584. The van der Waals surface area contributed by atoms with Crippen LogP contribution in [0.3, 0.4) is 0 Å². The second-order valence-corrected chi connectivity index (χ2v) is 5.65. The molecule has 21 heavy (non-hydrogen) atoms. The Hall–Kier alpha value is -2.05. The first kappa shape index (κ1) is 13.9. The number of halogens is 1. The minimum atomic E-state index is 0.482. The lowest BCUT2D eigenvalue weighted by molar-refractivity contribution is 0.391. The number of nitrogens with zero attached hydrogens (tertiary/aromatic N) is 3. The van der Waals surface area contributed by atoms with E-state index in [0.717, 1.165) is 4.90 Å². The van der Waals surface area contributed by atoms with Crippen LogP contribution in [0.1, 0.15) is 5.89 Å². The van der Waals surface area contributed by atoms with E-state index in [9.17, 15) is 0 Å². The molecular weight excluding hydrogens is 308 g/mol. The molecule has 0 aliphatic carbocycles. The van der Waals surface area contributed by atoms with Crippen molar-refractivity contribution in [3.8, 4) is 11.5 Å². The van der Waals surface area contributed by atoms with Crippen LogP contribution in [-0.4, -0.2) is 15.1 Å². The highest BCUT2D eigenvalue weighted by atomic mass is 35.5. The first-order chi connectivity index (χ1) is 10.2. The van der Waals surface area contributed by atoms with Crippen molar-refractivity contribution in [2.75, 3.05) is 5.73 Å². The smallest absolute Gasteiger partial charge is 0.237 e. The molecule has 3 rings (SSSR count). The van der Waals surface area contributed by atoms with Gasteiger partial charge in [0.05, 0.1) is 5.75 Å². The van der Waals surface area contributed by atoms with Crippen molar-refractivity contribution in [3.63, 3.8) is 0 Å². The zero-order chi connectivity index (χ0) is 14.7. The van der Waals surface area contributed by atoms with Gasteiger partial charge in [0.15, 0.2) is 0 Å². The summed E-state index contributed by atoms with van der Waals surface area (Å²) in [5, 5.41) is 4.54. The Balaban J connectivity index is 1.70. The van der Waals surface area contributed by atoms with Gasteiger partial charge in [0.2, 0.25) is 11.7 Å². The molecule has 0 amide bonds. The normalized spacial score (nSPS) is 10.7. The lowest BCUT2D eigenvalue weighted by Crippen LogP contribution is -1.89. The largest absolute Gasteiger partial charge is 0.398 e. The molecule has 0 aliphatic heterocycles. The Kier molecular flexibility index (Phi) is 4.08. The van der Waals surface area contributed by atoms with Gasteiger partial charge >= 0.3 is 0 Å². The monoisotopic (exact) mass is 318 g/mol. The molecule has 2 N–H and O–H groups in total. The standard InChI is InChI=1S/C14H11ClN4OS/c15-9-4-5-12(10(16)7-9)21-8-13-18-14(19-20-13)11-3-1-2-6-17-11/h1-7H,8,16H2. The zero-order valence-corrected chi connectivity index (χ0v) is 12.4. The third kappa shape index (κ3) is 3.34. The summed E-state index contributed by atoms with van der Waals surface area (Å²) in [7, 11) is 0. The van der Waals surface area contributed by atoms with Crippen LogP contribution < -0.4 is 5.73 Å². The van der Waals surface area contributed by atoms with Gasteiger partial charge in [0.1, 0.15) is 5.69 Å². The van der Waals surface area contributed by atoms with Crippen molar-refractivity contribution < 1.29 is 4.52 Å². The van der Waals surface area contributed by atoms with Gasteiger partial charge in [-0.25, -0.2) is 0 Å². The molecular formula is C14H11ClN4OS. The Morgan fingerprint density at radius 2 is 2.14 bits per heavy atom. The number of benzene rings is 1. The maximum atomic E-state index is 5.90. The van der Waals surface area contributed by atoms with E-state index in [0.29, 0.717) is 33.9 Å². The van der Waals surface area contributed by atoms with Gasteiger partial charge in [-0.05, 0) is 30.3 Å². The fraction of sp³-hybridized carbons (Fsp3) is 0.0714. The molecule has 2 heterocycles. The second-order valence-electron chi connectivity index (χ2n) is 4.20. The van der Waals surface area contributed by atoms with Crippen molar-refractivity contribution in [2.24, 2.45) is 0 Å². The molecule has 0 spiro atoms. The van der Waals surface area contributed by atoms with Gasteiger partial charge in [-0.3, -0.25) is 4.98 Å². The number of aromatic nitrogens is 3. The van der Waals surface area contributed by atoms with Crippen molar-refractivity contribution in [2.45, 2.75) is 10.6 Å². The fourth-order valence-corrected chi connectivity index (χ4v) is 2.67. The number of nitrogen functional groups attached to an aromatic ring is 1. The summed E-state index contributed by atoms with van der Waals surface area (Å²) in [5.41, 5.74) is 7.22. The van der Waals surface area contributed by atoms with Crippen LogP contribution in [0.4, 0.5) is 5.69 Å². The van der Waals surface area contributed by atoms with Gasteiger partial charge in [0, 0.05) is 21.8 Å². The molecule has 0 unspecified atom stereocenters. The molecule has 0 saturated heterocycles. The molecule has 7 heteroatoms. The highest BCUT2D eigenvalue weighted by Gasteiger charge is 2.10. The maximum Gasteiger partial charge on any atom is 0.237 e. The Morgan fingerprint density at radius 1 is 1.24 bits per heavy atom. The second kappa shape index (κ2) is 6.15. The van der Waals surface area contributed by atoms with E-state index in [2.05, 4.69) is 15.1 Å². The highest BCUT2D eigenvalue weighted by molar-refractivity contribution is 7.98. The van der Waals surface area contributed by atoms with E-state index in [-0.39, 0.29) is 0 Å². The third-order valence-corrected chi connectivity index (χ3v) is 3.99. The number of nitrogens with two attached hydrogens (primary N) is 1. The summed E-state index contributed by atoms with van der Waals surface area (Å²) >= 11 is 7.39. The van der Waals surface area contributed by atoms with Gasteiger partial charge in [-0.15, -0.1) is 11.8 Å². The van der Waals surface area contributed by atoms with E-state index in [1.54, 1.807) is 18.3 Å². The predicted octanol–water partition coefficient (Wildman–Crippen LogP) is 3.66. The van der Waals surface area contributed by atoms with Gasteiger partial charge in [-0.2, -0.15) is 4.98 Å². The number of hydrogen-bond acceptors (Lipinski definition) is 6. The minimum Gasteiger partial charge on any atom is -0.398 e. The molecule has 1 aromatic carbocycles. The molecule has 0 radical (unpaired) electrons. The number of pyridine rings is 1. The summed E-state index contributed by atoms with van der Waals surface area (Å²) in [6.07, 6.45) is 1.69. The van der Waals surface area contributed by atoms with E-state index < -0.39 is 0 Å². The van der Waals surface area contributed by atoms with Crippen LogP contribution in [0.15, 0.2) is 52.0 Å². The molecule has 0 fully saturated rings. The van der Waals surface area contributed by atoms with E-state index in [4.69, 9.17) is 21.9 Å². The topological polar surface area (TPSA) is 77.8 Å². The van der Waals surface area contributed by atoms with E-state index in [1.807, 2.05) is 24.3 Å². The average Bonchev–Trinajstić information content (AvgIpc) is 2.96. The summed E-state index contributed by atoms with van der Waals surface area (Å²) in [6.45, 7) is 0. The lowest BCUT2D eigenvalue weighted by Gasteiger charge is -2.03. The van der Waals surface area contributed by atoms with Crippen LogP contribution in [0.2, 0.25) is 5.02 Å². The van der Waals surface area contributed by atoms with Gasteiger partial charge < -0.3 is 10.3 Å². The number of thioether (sulfide) groups is 1. The highest BCUT2D eigenvalue weighted by Crippen LogP contribution is 2.30.